The largest absolute Gasteiger partial charge is 0.454 e. The molecular weight excluding hydrogens is 625 g/mol. The summed E-state index contributed by atoms with van der Waals surface area (Å²) in [6.45, 7) is 0. The van der Waals surface area contributed by atoms with Crippen LogP contribution in [0.4, 0.5) is 0 Å². The van der Waals surface area contributed by atoms with E-state index in [9.17, 15) is 0 Å². The molecule has 11 rings (SSSR count). The molecule has 0 unspecified atom stereocenters. The van der Waals surface area contributed by atoms with Crippen LogP contribution in [0, 0.1) is 0 Å². The minimum absolute atomic E-state index is 0.684. The maximum absolute atomic E-state index is 6.93. The SMILES string of the molecule is c1ccc(-c2cc(-n3c4ccccc4c4cc5oc6c(ccc7c8ccccc8n(-c8ccccc8)c76)c5cc43)nc(-c3ccccc3)n2)cc1. The molecular formula is C46H28N4O. The Labute approximate surface area is 292 Å². The van der Waals surface area contributed by atoms with Gasteiger partial charge in [-0.3, -0.25) is 4.57 Å². The van der Waals surface area contributed by atoms with Gasteiger partial charge in [-0.1, -0.05) is 121 Å². The molecule has 0 saturated heterocycles. The molecule has 7 aromatic carbocycles. The second-order valence-corrected chi connectivity index (χ2v) is 13.0. The fourth-order valence-electron chi connectivity index (χ4n) is 7.86. The van der Waals surface area contributed by atoms with Gasteiger partial charge in [0.15, 0.2) is 11.4 Å². The minimum Gasteiger partial charge on any atom is -0.454 e. The Morgan fingerprint density at radius 3 is 1.76 bits per heavy atom. The molecule has 0 aliphatic carbocycles. The molecule has 0 bridgehead atoms. The first-order valence-corrected chi connectivity index (χ1v) is 17.2. The Hall–Kier alpha value is -6.98. The van der Waals surface area contributed by atoms with E-state index in [1.165, 1.54) is 10.8 Å². The van der Waals surface area contributed by atoms with Gasteiger partial charge in [0.25, 0.3) is 0 Å². The highest BCUT2D eigenvalue weighted by atomic mass is 16.3. The van der Waals surface area contributed by atoms with Crippen LogP contribution in [0.1, 0.15) is 0 Å². The standard InChI is InChI=1S/C46H28N4O/c1-4-14-29(15-5-1)38-28-43(48-46(47-38)30-16-6-2-7-17-30)50-40-23-13-11-21-33(40)36-27-42-37(26-41(36)50)35-25-24-34-32-20-10-12-22-39(32)49(44(34)45(35)51-42)31-18-8-3-9-19-31/h1-28H. The zero-order chi connectivity index (χ0) is 33.5. The second-order valence-electron chi connectivity index (χ2n) is 13.0. The molecule has 5 nitrogen and oxygen atoms in total. The number of fused-ring (bicyclic) bond motifs is 10. The van der Waals surface area contributed by atoms with Crippen LogP contribution in [0.5, 0.6) is 0 Å². The quantitative estimate of drug-likeness (QED) is 0.190. The molecule has 0 radical (unpaired) electrons. The van der Waals surface area contributed by atoms with Gasteiger partial charge >= 0.3 is 0 Å². The molecule has 238 valence electrons. The van der Waals surface area contributed by atoms with Crippen molar-refractivity contribution in [1.82, 2.24) is 19.1 Å². The summed E-state index contributed by atoms with van der Waals surface area (Å²) in [5.74, 6) is 1.50. The summed E-state index contributed by atoms with van der Waals surface area (Å²) in [7, 11) is 0. The Bertz CT molecular complexity index is 3060. The predicted octanol–water partition coefficient (Wildman–Crippen LogP) is 11.9. The van der Waals surface area contributed by atoms with E-state index in [0.29, 0.717) is 5.82 Å². The number of aromatic nitrogens is 4. The predicted molar refractivity (Wildman–Crippen MR) is 209 cm³/mol. The highest BCUT2D eigenvalue weighted by Gasteiger charge is 2.22. The molecule has 11 aromatic rings. The molecule has 0 atom stereocenters. The Morgan fingerprint density at radius 2 is 1.02 bits per heavy atom. The summed E-state index contributed by atoms with van der Waals surface area (Å²) in [6.07, 6.45) is 0. The minimum atomic E-state index is 0.684. The molecule has 0 amide bonds. The van der Waals surface area contributed by atoms with Crippen molar-refractivity contribution < 1.29 is 4.42 Å². The third-order valence-electron chi connectivity index (χ3n) is 10.1. The number of rotatable bonds is 4. The fourth-order valence-corrected chi connectivity index (χ4v) is 7.86. The van der Waals surface area contributed by atoms with Crippen molar-refractivity contribution in [3.8, 4) is 34.2 Å². The van der Waals surface area contributed by atoms with Gasteiger partial charge in [-0.25, -0.2) is 9.97 Å². The van der Waals surface area contributed by atoms with Gasteiger partial charge < -0.3 is 8.98 Å². The van der Waals surface area contributed by atoms with Crippen molar-refractivity contribution in [1.29, 1.82) is 0 Å². The van der Waals surface area contributed by atoms with Crippen molar-refractivity contribution in [2.24, 2.45) is 0 Å². The van der Waals surface area contributed by atoms with E-state index in [1.807, 2.05) is 24.3 Å². The van der Waals surface area contributed by atoms with Crippen LogP contribution in [0.2, 0.25) is 0 Å². The summed E-state index contributed by atoms with van der Waals surface area (Å²) in [5, 5.41) is 6.76. The van der Waals surface area contributed by atoms with Gasteiger partial charge in [0.05, 0.1) is 27.8 Å². The Balaban J connectivity index is 1.23. The lowest BCUT2D eigenvalue weighted by molar-refractivity contribution is 0.671. The van der Waals surface area contributed by atoms with E-state index in [2.05, 4.69) is 155 Å². The molecule has 4 heterocycles. The molecule has 0 aliphatic rings. The van der Waals surface area contributed by atoms with Gasteiger partial charge in [-0.15, -0.1) is 0 Å². The van der Waals surface area contributed by atoms with Crippen LogP contribution in [-0.4, -0.2) is 19.1 Å². The third-order valence-corrected chi connectivity index (χ3v) is 10.1. The van der Waals surface area contributed by atoms with E-state index in [0.717, 1.165) is 83.1 Å². The van der Waals surface area contributed by atoms with Crippen molar-refractivity contribution in [3.63, 3.8) is 0 Å². The van der Waals surface area contributed by atoms with Crippen molar-refractivity contribution in [3.05, 3.63) is 170 Å². The van der Waals surface area contributed by atoms with E-state index >= 15 is 0 Å². The monoisotopic (exact) mass is 652 g/mol. The van der Waals surface area contributed by atoms with Crippen molar-refractivity contribution >= 4 is 65.6 Å². The Morgan fingerprint density at radius 1 is 0.412 bits per heavy atom. The van der Waals surface area contributed by atoms with Crippen LogP contribution in [0.3, 0.4) is 0 Å². The lowest BCUT2D eigenvalue weighted by atomic mass is 10.1. The maximum atomic E-state index is 6.93. The first kappa shape index (κ1) is 27.9. The molecule has 5 heteroatoms. The van der Waals surface area contributed by atoms with Crippen molar-refractivity contribution in [2.75, 3.05) is 0 Å². The highest BCUT2D eigenvalue weighted by Crippen LogP contribution is 2.43. The van der Waals surface area contributed by atoms with Gasteiger partial charge in [0.1, 0.15) is 11.4 Å². The van der Waals surface area contributed by atoms with Crippen LogP contribution in [0.25, 0.3) is 99.7 Å². The van der Waals surface area contributed by atoms with E-state index < -0.39 is 0 Å². The third kappa shape index (κ3) is 4.15. The van der Waals surface area contributed by atoms with E-state index in [1.54, 1.807) is 0 Å². The molecule has 51 heavy (non-hydrogen) atoms. The number of hydrogen-bond donors (Lipinski definition) is 0. The number of para-hydroxylation sites is 3. The molecule has 0 spiro atoms. The molecule has 0 fully saturated rings. The normalized spacial score (nSPS) is 11.9. The van der Waals surface area contributed by atoms with Crippen LogP contribution in [-0.2, 0) is 0 Å². The average molecular weight is 653 g/mol. The molecule has 4 aromatic heterocycles. The van der Waals surface area contributed by atoms with E-state index in [-0.39, 0.29) is 0 Å². The number of benzene rings is 7. The van der Waals surface area contributed by atoms with Crippen molar-refractivity contribution in [2.45, 2.75) is 0 Å². The average Bonchev–Trinajstić information content (AvgIpc) is 3.85. The van der Waals surface area contributed by atoms with Gasteiger partial charge in [-0.2, -0.15) is 0 Å². The summed E-state index contributed by atoms with van der Waals surface area (Å²) in [4.78, 5) is 10.3. The molecule has 0 aliphatic heterocycles. The summed E-state index contributed by atoms with van der Waals surface area (Å²) in [5.41, 5.74) is 10.1. The zero-order valence-electron chi connectivity index (χ0n) is 27.4. The first-order valence-electron chi connectivity index (χ1n) is 17.2. The fraction of sp³-hybridized carbons (Fsp3) is 0. The lowest BCUT2D eigenvalue weighted by Crippen LogP contribution is -2.02. The van der Waals surface area contributed by atoms with E-state index in [4.69, 9.17) is 14.4 Å². The number of nitrogens with zero attached hydrogens (tertiary/aromatic N) is 4. The number of furan rings is 1. The Kier molecular flexibility index (Phi) is 5.89. The first-order chi connectivity index (χ1) is 25.3. The van der Waals surface area contributed by atoms with Crippen LogP contribution < -0.4 is 0 Å². The van der Waals surface area contributed by atoms with Gasteiger partial charge in [0.2, 0.25) is 0 Å². The lowest BCUT2D eigenvalue weighted by Gasteiger charge is -2.12. The van der Waals surface area contributed by atoms with Gasteiger partial charge in [0, 0.05) is 55.2 Å². The maximum Gasteiger partial charge on any atom is 0.162 e. The van der Waals surface area contributed by atoms with Crippen LogP contribution >= 0.6 is 0 Å². The zero-order valence-corrected chi connectivity index (χ0v) is 27.4. The summed E-state index contributed by atoms with van der Waals surface area (Å²) in [6, 6.07) is 59.3. The topological polar surface area (TPSA) is 48.8 Å². The summed E-state index contributed by atoms with van der Waals surface area (Å²) >= 11 is 0. The molecule has 0 N–H and O–H groups in total. The smallest absolute Gasteiger partial charge is 0.162 e. The molecule has 0 saturated carbocycles. The van der Waals surface area contributed by atoms with Gasteiger partial charge in [-0.05, 0) is 42.5 Å². The summed E-state index contributed by atoms with van der Waals surface area (Å²) < 4.78 is 11.5. The van der Waals surface area contributed by atoms with Crippen LogP contribution in [0.15, 0.2) is 174 Å². The highest BCUT2D eigenvalue weighted by molar-refractivity contribution is 6.23. The second kappa shape index (κ2) is 10.8. The number of hydrogen-bond acceptors (Lipinski definition) is 3.